The molecule has 94 valence electrons. The summed E-state index contributed by atoms with van der Waals surface area (Å²) in [6.07, 6.45) is 2.70. The van der Waals surface area contributed by atoms with E-state index in [-0.39, 0.29) is 4.87 Å². The minimum Gasteiger partial charge on any atom is -0.315 e. The van der Waals surface area contributed by atoms with Crippen molar-refractivity contribution in [1.29, 1.82) is 0 Å². The van der Waals surface area contributed by atoms with E-state index >= 15 is 0 Å². The molecule has 1 fully saturated rings. The molecule has 0 unspecified atom stereocenters. The van der Waals surface area contributed by atoms with E-state index in [1.54, 1.807) is 0 Å². The van der Waals surface area contributed by atoms with E-state index in [1.165, 1.54) is 35.3 Å². The van der Waals surface area contributed by atoms with Gasteiger partial charge in [-0.3, -0.25) is 4.79 Å². The van der Waals surface area contributed by atoms with Crippen LogP contribution in [-0.2, 0) is 13.1 Å². The lowest BCUT2D eigenvalue weighted by atomic mass is 10.1. The van der Waals surface area contributed by atoms with Crippen molar-refractivity contribution in [3.05, 3.63) is 56.1 Å². The number of nitrogens with one attached hydrogen (secondary N) is 2. The number of aromatic amines is 1. The molecule has 0 spiro atoms. The van der Waals surface area contributed by atoms with Gasteiger partial charge in [-0.1, -0.05) is 35.6 Å². The number of benzene rings is 1. The maximum absolute atomic E-state index is 11.0. The highest BCUT2D eigenvalue weighted by molar-refractivity contribution is 7.07. The predicted molar refractivity (Wildman–Crippen MR) is 73.9 cm³/mol. The Morgan fingerprint density at radius 1 is 1.22 bits per heavy atom. The summed E-state index contributed by atoms with van der Waals surface area (Å²) in [5, 5.41) is 5.20. The van der Waals surface area contributed by atoms with Crippen LogP contribution in [0, 0.1) is 0 Å². The molecule has 18 heavy (non-hydrogen) atoms. The molecule has 0 amide bonds. The molecule has 1 heterocycles. The Hall–Kier alpha value is -1.39. The van der Waals surface area contributed by atoms with Gasteiger partial charge in [0.2, 0.25) is 0 Å². The summed E-state index contributed by atoms with van der Waals surface area (Å²) in [6.45, 7) is 1.55. The molecule has 2 aromatic rings. The fourth-order valence-electron chi connectivity index (χ4n) is 2.07. The molecular weight excluding hydrogens is 244 g/mol. The molecule has 3 rings (SSSR count). The molecule has 1 aromatic carbocycles. The first-order chi connectivity index (χ1) is 8.81. The summed E-state index contributed by atoms with van der Waals surface area (Å²) < 4.78 is 0. The number of aromatic nitrogens is 1. The first-order valence-electron chi connectivity index (χ1n) is 6.27. The van der Waals surface area contributed by atoms with Crippen LogP contribution in [0.3, 0.4) is 0 Å². The van der Waals surface area contributed by atoms with Gasteiger partial charge < -0.3 is 10.3 Å². The van der Waals surface area contributed by atoms with Crippen molar-refractivity contribution >= 4 is 11.3 Å². The minimum atomic E-state index is 0.0144. The first-order valence-corrected chi connectivity index (χ1v) is 7.15. The average molecular weight is 260 g/mol. The highest BCUT2D eigenvalue weighted by Gasteiger charge is 2.22. The van der Waals surface area contributed by atoms with Gasteiger partial charge in [0, 0.05) is 24.2 Å². The number of rotatable bonds is 5. The van der Waals surface area contributed by atoms with E-state index in [0.29, 0.717) is 6.54 Å². The quantitative estimate of drug-likeness (QED) is 0.868. The van der Waals surface area contributed by atoms with E-state index < -0.39 is 0 Å². The summed E-state index contributed by atoms with van der Waals surface area (Å²) in [5.41, 5.74) is 3.72. The largest absolute Gasteiger partial charge is 0.315 e. The van der Waals surface area contributed by atoms with Crippen molar-refractivity contribution in [2.24, 2.45) is 0 Å². The van der Waals surface area contributed by atoms with E-state index in [1.807, 2.05) is 5.38 Å². The molecular formula is C14H16N2OS. The third-order valence-electron chi connectivity index (χ3n) is 3.24. The fraction of sp³-hybridized carbons (Fsp3) is 0.357. The lowest BCUT2D eigenvalue weighted by Gasteiger charge is -2.04. The topological polar surface area (TPSA) is 44.9 Å². The molecule has 3 nitrogen and oxygen atoms in total. The van der Waals surface area contributed by atoms with Crippen LogP contribution >= 0.6 is 11.3 Å². The van der Waals surface area contributed by atoms with Crippen LogP contribution in [0.5, 0.6) is 0 Å². The van der Waals surface area contributed by atoms with Crippen LogP contribution in [0.4, 0.5) is 0 Å². The monoisotopic (exact) mass is 260 g/mol. The minimum absolute atomic E-state index is 0.0144. The Morgan fingerprint density at radius 2 is 2.00 bits per heavy atom. The van der Waals surface area contributed by atoms with Gasteiger partial charge in [-0.05, 0) is 29.9 Å². The molecule has 0 aliphatic heterocycles. The van der Waals surface area contributed by atoms with Crippen molar-refractivity contribution in [1.82, 2.24) is 10.3 Å². The molecule has 1 aliphatic rings. The second-order valence-electron chi connectivity index (χ2n) is 4.79. The van der Waals surface area contributed by atoms with E-state index in [9.17, 15) is 4.79 Å². The summed E-state index contributed by atoms with van der Waals surface area (Å²) in [5.74, 6) is 0.822. The standard InChI is InChI=1S/C14H16N2OS/c17-14-16-13(9-18-14)8-15-7-10-1-3-11(4-2-10)12-5-6-12/h1-4,9,12,15H,5-8H2,(H,16,17). The van der Waals surface area contributed by atoms with Gasteiger partial charge in [0.05, 0.1) is 0 Å². The van der Waals surface area contributed by atoms with Gasteiger partial charge in [0.25, 0.3) is 0 Å². The third kappa shape index (κ3) is 2.89. The lowest BCUT2D eigenvalue weighted by molar-refractivity contribution is 0.681. The molecule has 1 aliphatic carbocycles. The molecule has 0 bridgehead atoms. The summed E-state index contributed by atoms with van der Waals surface area (Å²) >= 11 is 1.21. The van der Waals surface area contributed by atoms with Crippen LogP contribution < -0.4 is 10.2 Å². The molecule has 1 aromatic heterocycles. The second kappa shape index (κ2) is 5.08. The number of hydrogen-bond donors (Lipinski definition) is 2. The zero-order chi connectivity index (χ0) is 12.4. The van der Waals surface area contributed by atoms with Crippen LogP contribution in [-0.4, -0.2) is 4.98 Å². The third-order valence-corrected chi connectivity index (χ3v) is 3.96. The smallest absolute Gasteiger partial charge is 0.304 e. The normalized spacial score (nSPS) is 14.9. The van der Waals surface area contributed by atoms with Gasteiger partial charge in [-0.25, -0.2) is 0 Å². The first kappa shape index (κ1) is 11.7. The van der Waals surface area contributed by atoms with Gasteiger partial charge >= 0.3 is 4.87 Å². The van der Waals surface area contributed by atoms with Gasteiger partial charge in [0.1, 0.15) is 0 Å². The van der Waals surface area contributed by atoms with Gasteiger partial charge in [0.15, 0.2) is 0 Å². The Morgan fingerprint density at radius 3 is 2.61 bits per heavy atom. The summed E-state index contributed by atoms with van der Waals surface area (Å²) in [7, 11) is 0. The van der Waals surface area contributed by atoms with Crippen LogP contribution in [0.15, 0.2) is 34.4 Å². The van der Waals surface area contributed by atoms with E-state index in [0.717, 1.165) is 18.2 Å². The summed E-state index contributed by atoms with van der Waals surface area (Å²) in [4.78, 5) is 13.8. The molecule has 0 atom stereocenters. The van der Waals surface area contributed by atoms with Crippen molar-refractivity contribution in [2.45, 2.75) is 31.8 Å². The molecule has 4 heteroatoms. The summed E-state index contributed by atoms with van der Waals surface area (Å²) in [6, 6.07) is 8.86. The maximum atomic E-state index is 11.0. The Labute approximate surface area is 110 Å². The van der Waals surface area contributed by atoms with Crippen molar-refractivity contribution in [2.75, 3.05) is 0 Å². The Balaban J connectivity index is 1.51. The number of hydrogen-bond acceptors (Lipinski definition) is 3. The molecule has 0 radical (unpaired) electrons. The highest BCUT2D eigenvalue weighted by atomic mass is 32.1. The van der Waals surface area contributed by atoms with Gasteiger partial charge in [-0.15, -0.1) is 0 Å². The zero-order valence-electron chi connectivity index (χ0n) is 10.1. The molecule has 2 N–H and O–H groups in total. The zero-order valence-corrected chi connectivity index (χ0v) is 10.9. The Kier molecular flexibility index (Phi) is 3.30. The number of H-pyrrole nitrogens is 1. The van der Waals surface area contributed by atoms with E-state index in [4.69, 9.17) is 0 Å². The fourth-order valence-corrected chi connectivity index (χ4v) is 2.65. The van der Waals surface area contributed by atoms with E-state index in [2.05, 4.69) is 34.6 Å². The van der Waals surface area contributed by atoms with Crippen molar-refractivity contribution in [3.63, 3.8) is 0 Å². The average Bonchev–Trinajstić information content (AvgIpc) is 3.15. The van der Waals surface area contributed by atoms with Crippen molar-refractivity contribution in [3.8, 4) is 0 Å². The Bertz CT molecular complexity index is 566. The molecule has 1 saturated carbocycles. The van der Waals surface area contributed by atoms with Crippen LogP contribution in [0.1, 0.15) is 35.6 Å². The van der Waals surface area contributed by atoms with Crippen molar-refractivity contribution < 1.29 is 0 Å². The van der Waals surface area contributed by atoms with Crippen LogP contribution in [0.2, 0.25) is 0 Å². The lowest BCUT2D eigenvalue weighted by Crippen LogP contribution is -2.13. The molecule has 0 saturated heterocycles. The second-order valence-corrected chi connectivity index (χ2v) is 5.64. The predicted octanol–water partition coefficient (Wildman–Crippen LogP) is 2.60. The maximum Gasteiger partial charge on any atom is 0.304 e. The van der Waals surface area contributed by atoms with Crippen LogP contribution in [0.25, 0.3) is 0 Å². The van der Waals surface area contributed by atoms with Gasteiger partial charge in [-0.2, -0.15) is 0 Å². The SMILES string of the molecule is O=c1[nH]c(CNCc2ccc(C3CC3)cc2)cs1. The number of thiazole rings is 1. The highest BCUT2D eigenvalue weighted by Crippen LogP contribution is 2.39.